The molecule has 0 saturated carbocycles. The van der Waals surface area contributed by atoms with Crippen molar-refractivity contribution < 1.29 is 13.9 Å². The Labute approximate surface area is 115 Å². The van der Waals surface area contributed by atoms with Gasteiger partial charge in [0.25, 0.3) is 0 Å². The maximum atomic E-state index is 13.4. The van der Waals surface area contributed by atoms with E-state index in [1.165, 1.54) is 16.7 Å². The van der Waals surface area contributed by atoms with Crippen LogP contribution < -0.4 is 0 Å². The van der Waals surface area contributed by atoms with Crippen LogP contribution in [0.3, 0.4) is 0 Å². The van der Waals surface area contributed by atoms with Crippen LogP contribution in [-0.4, -0.2) is 17.3 Å². The normalized spacial score (nSPS) is 10.9. The Morgan fingerprint density at radius 1 is 1.47 bits per heavy atom. The second kappa shape index (κ2) is 5.61. The fourth-order valence-corrected chi connectivity index (χ4v) is 2.07. The molecule has 0 aliphatic heterocycles. The number of benzene rings is 1. The molecule has 1 heterocycles. The minimum atomic E-state index is -0.491. The third-order valence-electron chi connectivity index (χ3n) is 2.97. The quantitative estimate of drug-likeness (QED) is 0.775. The summed E-state index contributed by atoms with van der Waals surface area (Å²) in [6.45, 7) is 4.21. The number of ether oxygens (including phenoxy) is 1. The molecule has 2 aromatic rings. The first-order valence-corrected chi connectivity index (χ1v) is 6.56. The highest BCUT2D eigenvalue weighted by Gasteiger charge is 2.15. The van der Waals surface area contributed by atoms with E-state index in [4.69, 9.17) is 16.3 Å². The number of rotatable bonds is 3. The Morgan fingerprint density at radius 2 is 2.21 bits per heavy atom. The molecule has 1 aromatic carbocycles. The highest BCUT2D eigenvalue weighted by Crippen LogP contribution is 2.27. The lowest BCUT2D eigenvalue weighted by atomic mass is 10.2. The predicted octanol–water partition coefficient (Wildman–Crippen LogP) is 4.53. The Balaban J connectivity index is 2.38. The molecular formula is C14H15ClFNO2. The maximum absolute atomic E-state index is 13.4. The highest BCUT2D eigenvalue weighted by molar-refractivity contribution is 6.31. The van der Waals surface area contributed by atoms with Crippen LogP contribution in [0.1, 0.15) is 25.3 Å². The predicted molar refractivity (Wildman–Crippen MR) is 73.3 cm³/mol. The van der Waals surface area contributed by atoms with Gasteiger partial charge < -0.3 is 4.74 Å². The van der Waals surface area contributed by atoms with Gasteiger partial charge in [0.05, 0.1) is 17.1 Å². The van der Waals surface area contributed by atoms with E-state index >= 15 is 0 Å². The molecule has 5 heteroatoms. The van der Waals surface area contributed by atoms with Crippen LogP contribution in [0.25, 0.3) is 10.9 Å². The number of halogens is 2. The number of nitrogens with zero attached hydrogens (tertiary/aromatic N) is 1. The van der Waals surface area contributed by atoms with Gasteiger partial charge in [0.2, 0.25) is 0 Å². The molecule has 0 fully saturated rings. The first kappa shape index (κ1) is 13.9. The minimum absolute atomic E-state index is 0.00629. The molecule has 2 rings (SSSR count). The van der Waals surface area contributed by atoms with Crippen molar-refractivity contribution in [2.75, 3.05) is 6.61 Å². The smallest absolute Gasteiger partial charge is 0.418 e. The monoisotopic (exact) mass is 283 g/mol. The first-order chi connectivity index (χ1) is 9.04. The van der Waals surface area contributed by atoms with E-state index in [9.17, 15) is 9.18 Å². The zero-order chi connectivity index (χ0) is 14.0. The molecule has 0 unspecified atom stereocenters. The highest BCUT2D eigenvalue weighted by atomic mass is 35.5. The molecule has 0 bridgehead atoms. The van der Waals surface area contributed by atoms with E-state index in [1.54, 1.807) is 6.20 Å². The number of hydrogen-bond donors (Lipinski definition) is 0. The molecule has 0 radical (unpaired) electrons. The van der Waals surface area contributed by atoms with Crippen LogP contribution in [0.15, 0.2) is 18.3 Å². The van der Waals surface area contributed by atoms with Gasteiger partial charge in [0, 0.05) is 11.6 Å². The van der Waals surface area contributed by atoms with Crippen molar-refractivity contribution in [2.45, 2.75) is 26.7 Å². The Kier molecular flexibility index (Phi) is 4.10. The first-order valence-electron chi connectivity index (χ1n) is 6.18. The van der Waals surface area contributed by atoms with Gasteiger partial charge in [-0.1, -0.05) is 24.9 Å². The zero-order valence-corrected chi connectivity index (χ0v) is 11.6. The number of carbonyl (C=O) groups is 1. The molecule has 0 amide bonds. The van der Waals surface area contributed by atoms with Gasteiger partial charge in [0.15, 0.2) is 0 Å². The van der Waals surface area contributed by atoms with Crippen LogP contribution in [0.4, 0.5) is 9.18 Å². The van der Waals surface area contributed by atoms with E-state index in [-0.39, 0.29) is 5.02 Å². The molecule has 0 aliphatic rings. The molecule has 19 heavy (non-hydrogen) atoms. The van der Waals surface area contributed by atoms with Crippen molar-refractivity contribution in [3.05, 3.63) is 34.7 Å². The van der Waals surface area contributed by atoms with Gasteiger partial charge in [-0.3, -0.25) is 4.57 Å². The summed E-state index contributed by atoms with van der Waals surface area (Å²) in [7, 11) is 0. The van der Waals surface area contributed by atoms with Gasteiger partial charge >= 0.3 is 6.09 Å². The lowest BCUT2D eigenvalue weighted by Gasteiger charge is -2.06. The summed E-state index contributed by atoms with van der Waals surface area (Å²) in [6, 6.07) is 2.78. The van der Waals surface area contributed by atoms with Gasteiger partial charge in [-0.05, 0) is 31.0 Å². The second-order valence-corrected chi connectivity index (χ2v) is 4.84. The van der Waals surface area contributed by atoms with Crippen molar-refractivity contribution in [2.24, 2.45) is 0 Å². The number of fused-ring (bicyclic) bond motifs is 1. The summed E-state index contributed by atoms with van der Waals surface area (Å²) in [6.07, 6.45) is 2.94. The third-order valence-corrected chi connectivity index (χ3v) is 3.26. The maximum Gasteiger partial charge on any atom is 0.418 e. The van der Waals surface area contributed by atoms with Crippen LogP contribution in [-0.2, 0) is 4.74 Å². The molecular weight excluding hydrogens is 269 g/mol. The number of hydrogen-bond acceptors (Lipinski definition) is 2. The van der Waals surface area contributed by atoms with Gasteiger partial charge in [-0.2, -0.15) is 0 Å². The van der Waals surface area contributed by atoms with Gasteiger partial charge in [0.1, 0.15) is 5.82 Å². The summed E-state index contributed by atoms with van der Waals surface area (Å²) >= 11 is 5.76. The molecule has 0 atom stereocenters. The molecule has 0 N–H and O–H groups in total. The minimum Gasteiger partial charge on any atom is -0.449 e. The Morgan fingerprint density at radius 3 is 2.89 bits per heavy atom. The van der Waals surface area contributed by atoms with E-state index in [0.717, 1.165) is 18.4 Å². The van der Waals surface area contributed by atoms with Gasteiger partial charge in [-0.15, -0.1) is 0 Å². The summed E-state index contributed by atoms with van der Waals surface area (Å²) in [5.41, 5.74) is 1.36. The van der Waals surface area contributed by atoms with Crippen LogP contribution in [0.5, 0.6) is 0 Å². The van der Waals surface area contributed by atoms with E-state index in [0.29, 0.717) is 17.5 Å². The number of carbonyl (C=O) groups excluding carboxylic acids is 1. The zero-order valence-electron chi connectivity index (χ0n) is 10.9. The Bertz CT molecular complexity index is 621. The molecule has 102 valence electrons. The van der Waals surface area contributed by atoms with Crippen molar-refractivity contribution in [1.29, 1.82) is 0 Å². The van der Waals surface area contributed by atoms with Crippen molar-refractivity contribution in [3.63, 3.8) is 0 Å². The van der Waals surface area contributed by atoms with Crippen LogP contribution >= 0.6 is 11.6 Å². The summed E-state index contributed by atoms with van der Waals surface area (Å²) < 4.78 is 19.9. The average Bonchev–Trinajstić information content (AvgIpc) is 2.68. The number of unbranched alkanes of at least 4 members (excludes halogenated alkanes) is 1. The van der Waals surface area contributed by atoms with E-state index in [1.807, 2.05) is 13.8 Å². The van der Waals surface area contributed by atoms with E-state index < -0.39 is 11.9 Å². The summed E-state index contributed by atoms with van der Waals surface area (Å²) in [5, 5.41) is 0.655. The molecule has 0 spiro atoms. The lowest BCUT2D eigenvalue weighted by molar-refractivity contribution is 0.147. The average molecular weight is 284 g/mol. The van der Waals surface area contributed by atoms with Crippen molar-refractivity contribution in [1.82, 2.24) is 4.57 Å². The van der Waals surface area contributed by atoms with E-state index in [2.05, 4.69) is 0 Å². The summed E-state index contributed by atoms with van der Waals surface area (Å²) in [4.78, 5) is 11.9. The summed E-state index contributed by atoms with van der Waals surface area (Å²) in [5.74, 6) is -0.491. The lowest BCUT2D eigenvalue weighted by Crippen LogP contribution is -2.13. The molecule has 1 aromatic heterocycles. The second-order valence-electron chi connectivity index (χ2n) is 4.43. The number of aromatic nitrogens is 1. The van der Waals surface area contributed by atoms with Crippen LogP contribution in [0, 0.1) is 12.7 Å². The van der Waals surface area contributed by atoms with Crippen LogP contribution in [0.2, 0.25) is 5.02 Å². The SMILES string of the molecule is CCCCOC(=O)n1cc(C)c2cc(F)c(Cl)cc21. The molecule has 3 nitrogen and oxygen atoms in total. The molecule has 0 aliphatic carbocycles. The third kappa shape index (κ3) is 2.73. The topological polar surface area (TPSA) is 31.2 Å². The van der Waals surface area contributed by atoms with Crippen molar-refractivity contribution >= 4 is 28.6 Å². The Hall–Kier alpha value is -1.55. The fourth-order valence-electron chi connectivity index (χ4n) is 1.91. The largest absolute Gasteiger partial charge is 0.449 e. The fraction of sp³-hybridized carbons (Fsp3) is 0.357. The standard InChI is InChI=1S/C14H15ClFNO2/c1-3-4-5-19-14(18)17-8-9(2)10-6-12(16)11(15)7-13(10)17/h6-8H,3-5H2,1-2H3. The number of aryl methyl sites for hydroxylation is 1. The van der Waals surface area contributed by atoms with Crippen molar-refractivity contribution in [3.8, 4) is 0 Å². The van der Waals surface area contributed by atoms with Gasteiger partial charge in [-0.25, -0.2) is 9.18 Å². The molecule has 0 saturated heterocycles.